The molecule has 0 atom stereocenters. The smallest absolute Gasteiger partial charge is 0.240 e. The van der Waals surface area contributed by atoms with E-state index in [1.807, 2.05) is 0 Å². The Labute approximate surface area is 102 Å². The number of aliphatic hydroxyl groups is 1. The second-order valence-electron chi connectivity index (χ2n) is 4.37. The van der Waals surface area contributed by atoms with Gasteiger partial charge in [-0.3, -0.25) is 0 Å². The summed E-state index contributed by atoms with van der Waals surface area (Å²) in [7, 11) is -3.33. The Kier molecular flexibility index (Phi) is 3.81. The van der Waals surface area contributed by atoms with Crippen LogP contribution in [0, 0.1) is 0 Å². The van der Waals surface area contributed by atoms with Crippen molar-refractivity contribution in [2.24, 2.45) is 0 Å². The van der Waals surface area contributed by atoms with E-state index in [4.69, 9.17) is 5.11 Å². The minimum absolute atomic E-state index is 0.133. The lowest BCUT2D eigenvalue weighted by Gasteiger charge is -2.06. The minimum Gasteiger partial charge on any atom is -0.396 e. The maximum Gasteiger partial charge on any atom is 0.240 e. The third kappa shape index (κ3) is 3.52. The molecule has 1 aliphatic rings. The van der Waals surface area contributed by atoms with Gasteiger partial charge in [0.1, 0.15) is 0 Å². The van der Waals surface area contributed by atoms with E-state index < -0.39 is 10.0 Å². The van der Waals surface area contributed by atoms with Gasteiger partial charge in [-0.1, -0.05) is 12.1 Å². The van der Waals surface area contributed by atoms with Crippen molar-refractivity contribution >= 4 is 10.0 Å². The molecular formula is C12H17NO3S. The molecule has 1 aromatic rings. The molecule has 4 nitrogen and oxygen atoms in total. The van der Waals surface area contributed by atoms with Gasteiger partial charge in [0, 0.05) is 12.6 Å². The molecule has 0 unspecified atom stereocenters. The van der Waals surface area contributed by atoms with Crippen LogP contribution in [0.1, 0.15) is 24.8 Å². The number of hydrogen-bond donors (Lipinski definition) is 2. The Hall–Kier alpha value is -0.910. The molecule has 1 aliphatic carbocycles. The van der Waals surface area contributed by atoms with Gasteiger partial charge in [0.25, 0.3) is 0 Å². The summed E-state index contributed by atoms with van der Waals surface area (Å²) in [6.07, 6.45) is 3.35. The number of aliphatic hydroxyl groups excluding tert-OH is 1. The van der Waals surface area contributed by atoms with Crippen LogP contribution in [0.4, 0.5) is 0 Å². The van der Waals surface area contributed by atoms with Gasteiger partial charge < -0.3 is 5.11 Å². The van der Waals surface area contributed by atoms with Gasteiger partial charge in [0.15, 0.2) is 0 Å². The Morgan fingerprint density at radius 1 is 1.24 bits per heavy atom. The molecule has 1 aromatic carbocycles. The first-order chi connectivity index (χ1) is 8.12. The normalized spacial score (nSPS) is 16.1. The molecule has 17 heavy (non-hydrogen) atoms. The number of hydrogen-bond acceptors (Lipinski definition) is 3. The number of rotatable bonds is 6. The fourth-order valence-electron chi connectivity index (χ4n) is 1.61. The van der Waals surface area contributed by atoms with Crippen LogP contribution in [0.15, 0.2) is 29.2 Å². The van der Waals surface area contributed by atoms with E-state index in [1.165, 1.54) is 0 Å². The molecular weight excluding hydrogens is 238 g/mol. The topological polar surface area (TPSA) is 66.4 Å². The molecule has 0 aliphatic heterocycles. The average molecular weight is 255 g/mol. The van der Waals surface area contributed by atoms with Crippen molar-refractivity contribution in [2.45, 2.75) is 36.6 Å². The minimum atomic E-state index is -3.33. The predicted octanol–water partition coefficient (Wildman–Crippen LogP) is 1.05. The zero-order valence-electron chi connectivity index (χ0n) is 9.59. The van der Waals surface area contributed by atoms with Crippen LogP contribution >= 0.6 is 0 Å². The van der Waals surface area contributed by atoms with E-state index >= 15 is 0 Å². The average Bonchev–Trinajstić information content (AvgIpc) is 3.10. The Morgan fingerprint density at radius 2 is 1.88 bits per heavy atom. The Bertz CT molecular complexity index is 463. The lowest BCUT2D eigenvalue weighted by atomic mass is 10.1. The summed E-state index contributed by atoms with van der Waals surface area (Å²) in [5.41, 5.74) is 1.05. The first-order valence-electron chi connectivity index (χ1n) is 5.84. The third-order valence-electron chi connectivity index (χ3n) is 2.76. The molecule has 94 valence electrons. The molecule has 2 rings (SSSR count). The SMILES string of the molecule is O=S(=O)(NC1CC1)c1ccc(CCCO)cc1. The summed E-state index contributed by atoms with van der Waals surface area (Å²) in [6.45, 7) is 0.156. The van der Waals surface area contributed by atoms with Gasteiger partial charge in [-0.05, 0) is 43.4 Å². The van der Waals surface area contributed by atoms with Crippen LogP contribution in [0.25, 0.3) is 0 Å². The number of benzene rings is 1. The molecule has 0 bridgehead atoms. The van der Waals surface area contributed by atoms with Gasteiger partial charge in [-0.15, -0.1) is 0 Å². The van der Waals surface area contributed by atoms with E-state index in [0.29, 0.717) is 11.3 Å². The van der Waals surface area contributed by atoms with Crippen molar-refractivity contribution in [1.82, 2.24) is 4.72 Å². The van der Waals surface area contributed by atoms with Crippen LogP contribution in [-0.2, 0) is 16.4 Å². The molecule has 0 heterocycles. The lowest BCUT2D eigenvalue weighted by Crippen LogP contribution is -2.25. The van der Waals surface area contributed by atoms with Crippen LogP contribution in [0.3, 0.4) is 0 Å². The quantitative estimate of drug-likeness (QED) is 0.798. The highest BCUT2D eigenvalue weighted by atomic mass is 32.2. The number of sulfonamides is 1. The van der Waals surface area contributed by atoms with E-state index in [1.54, 1.807) is 24.3 Å². The summed E-state index contributed by atoms with van der Waals surface area (Å²) in [4.78, 5) is 0.317. The predicted molar refractivity (Wildman–Crippen MR) is 65.2 cm³/mol. The summed E-state index contributed by atoms with van der Waals surface area (Å²) in [6, 6.07) is 6.98. The number of nitrogens with one attached hydrogen (secondary N) is 1. The van der Waals surface area contributed by atoms with Gasteiger partial charge in [0.2, 0.25) is 10.0 Å². The second kappa shape index (κ2) is 5.16. The fourth-order valence-corrected chi connectivity index (χ4v) is 2.91. The van der Waals surface area contributed by atoms with Crippen molar-refractivity contribution in [2.75, 3.05) is 6.61 Å². The fraction of sp³-hybridized carbons (Fsp3) is 0.500. The van der Waals surface area contributed by atoms with Gasteiger partial charge in [-0.25, -0.2) is 13.1 Å². The second-order valence-corrected chi connectivity index (χ2v) is 6.08. The summed E-state index contributed by atoms with van der Waals surface area (Å²) < 4.78 is 26.4. The van der Waals surface area contributed by atoms with E-state index in [9.17, 15) is 8.42 Å². The van der Waals surface area contributed by atoms with Crippen molar-refractivity contribution in [1.29, 1.82) is 0 Å². The molecule has 0 amide bonds. The molecule has 0 saturated heterocycles. The summed E-state index contributed by atoms with van der Waals surface area (Å²) in [5, 5.41) is 8.71. The summed E-state index contributed by atoms with van der Waals surface area (Å²) >= 11 is 0. The Morgan fingerprint density at radius 3 is 2.41 bits per heavy atom. The van der Waals surface area contributed by atoms with Crippen LogP contribution in [-0.4, -0.2) is 26.2 Å². The summed E-state index contributed by atoms with van der Waals surface area (Å²) in [5.74, 6) is 0. The Balaban J connectivity index is 2.05. The molecule has 2 N–H and O–H groups in total. The molecule has 0 radical (unpaired) electrons. The van der Waals surface area contributed by atoms with Gasteiger partial charge in [-0.2, -0.15) is 0 Å². The maximum absolute atomic E-state index is 11.9. The number of aryl methyl sites for hydroxylation is 1. The molecule has 0 spiro atoms. The first kappa shape index (κ1) is 12.5. The first-order valence-corrected chi connectivity index (χ1v) is 7.32. The largest absolute Gasteiger partial charge is 0.396 e. The van der Waals surface area contributed by atoms with Gasteiger partial charge >= 0.3 is 0 Å². The molecule has 1 fully saturated rings. The zero-order valence-corrected chi connectivity index (χ0v) is 10.4. The van der Waals surface area contributed by atoms with Crippen molar-refractivity contribution < 1.29 is 13.5 Å². The molecule has 0 aromatic heterocycles. The van der Waals surface area contributed by atoms with Crippen molar-refractivity contribution in [3.63, 3.8) is 0 Å². The van der Waals surface area contributed by atoms with Crippen LogP contribution in [0.2, 0.25) is 0 Å². The van der Waals surface area contributed by atoms with Crippen molar-refractivity contribution in [3.05, 3.63) is 29.8 Å². The van der Waals surface area contributed by atoms with Gasteiger partial charge in [0.05, 0.1) is 4.90 Å². The van der Waals surface area contributed by atoms with E-state index in [2.05, 4.69) is 4.72 Å². The van der Waals surface area contributed by atoms with Crippen LogP contribution in [0.5, 0.6) is 0 Å². The highest BCUT2D eigenvalue weighted by Crippen LogP contribution is 2.22. The van der Waals surface area contributed by atoms with E-state index in [0.717, 1.165) is 24.8 Å². The standard InChI is InChI=1S/C12H17NO3S/c14-9-1-2-10-3-7-12(8-4-10)17(15,16)13-11-5-6-11/h3-4,7-8,11,13-14H,1-2,5-6,9H2. The van der Waals surface area contributed by atoms with Crippen LogP contribution < -0.4 is 4.72 Å². The zero-order chi connectivity index (χ0) is 12.3. The molecule has 1 saturated carbocycles. The highest BCUT2D eigenvalue weighted by Gasteiger charge is 2.27. The monoisotopic (exact) mass is 255 g/mol. The van der Waals surface area contributed by atoms with E-state index in [-0.39, 0.29) is 12.6 Å². The highest BCUT2D eigenvalue weighted by molar-refractivity contribution is 7.89. The maximum atomic E-state index is 11.9. The van der Waals surface area contributed by atoms with Crippen molar-refractivity contribution in [3.8, 4) is 0 Å². The molecule has 5 heteroatoms. The lowest BCUT2D eigenvalue weighted by molar-refractivity contribution is 0.288. The third-order valence-corrected chi connectivity index (χ3v) is 4.29.